The van der Waals surface area contributed by atoms with E-state index in [1.807, 2.05) is 4.90 Å². The molecule has 1 amide bonds. The number of hydrogen-bond donors (Lipinski definition) is 1. The van der Waals surface area contributed by atoms with Crippen molar-refractivity contribution in [3.8, 4) is 0 Å². The van der Waals surface area contributed by atoms with Gasteiger partial charge in [0, 0.05) is 13.2 Å². The minimum atomic E-state index is 0.0295. The van der Waals surface area contributed by atoms with Crippen LogP contribution in [0.25, 0.3) is 0 Å². The van der Waals surface area contributed by atoms with Crippen LogP contribution in [0.4, 0.5) is 0 Å². The molecule has 0 radical (unpaired) electrons. The molecular formula is C15H28N2O2. The number of ether oxygens (including phenoxy) is 1. The molecule has 2 aliphatic rings. The van der Waals surface area contributed by atoms with Gasteiger partial charge >= 0.3 is 0 Å². The Morgan fingerprint density at radius 1 is 1.42 bits per heavy atom. The van der Waals surface area contributed by atoms with Crippen LogP contribution < -0.4 is 5.32 Å². The van der Waals surface area contributed by atoms with Gasteiger partial charge in [0.05, 0.1) is 18.3 Å². The number of carbonyl (C=O) groups is 1. The maximum absolute atomic E-state index is 12.4. The number of nitrogens with one attached hydrogen (secondary N) is 1. The van der Waals surface area contributed by atoms with Crippen molar-refractivity contribution in [3.05, 3.63) is 0 Å². The average molecular weight is 268 g/mol. The van der Waals surface area contributed by atoms with Crippen molar-refractivity contribution in [1.82, 2.24) is 10.2 Å². The summed E-state index contributed by atoms with van der Waals surface area (Å²) in [7, 11) is 0. The SMILES string of the molecule is CCCC1NC(C(C)C)N(CCC2CCCO2)C1=O. The zero-order chi connectivity index (χ0) is 13.8. The molecule has 0 aliphatic carbocycles. The van der Waals surface area contributed by atoms with Crippen molar-refractivity contribution in [2.24, 2.45) is 5.92 Å². The second kappa shape index (κ2) is 6.71. The molecule has 4 heteroatoms. The standard InChI is InChI=1S/C15H28N2O2/c1-4-6-13-15(18)17(14(16-13)11(2)3)9-8-12-7-5-10-19-12/h11-14,16H,4-10H2,1-3H3. The molecule has 0 spiro atoms. The average Bonchev–Trinajstić information content (AvgIpc) is 2.97. The van der Waals surface area contributed by atoms with Gasteiger partial charge in [-0.3, -0.25) is 10.1 Å². The van der Waals surface area contributed by atoms with Gasteiger partial charge in [-0.05, 0) is 31.6 Å². The summed E-state index contributed by atoms with van der Waals surface area (Å²) < 4.78 is 5.66. The van der Waals surface area contributed by atoms with Gasteiger partial charge < -0.3 is 9.64 Å². The summed E-state index contributed by atoms with van der Waals surface area (Å²) in [6.45, 7) is 8.22. The Morgan fingerprint density at radius 3 is 2.79 bits per heavy atom. The Kier molecular flexibility index (Phi) is 5.22. The first-order valence-corrected chi connectivity index (χ1v) is 7.81. The van der Waals surface area contributed by atoms with Gasteiger partial charge in [-0.25, -0.2) is 0 Å². The lowest BCUT2D eigenvalue weighted by molar-refractivity contribution is -0.131. The van der Waals surface area contributed by atoms with Crippen LogP contribution in [0.2, 0.25) is 0 Å². The van der Waals surface area contributed by atoms with E-state index in [1.165, 1.54) is 6.42 Å². The van der Waals surface area contributed by atoms with Crippen LogP contribution >= 0.6 is 0 Å². The first-order chi connectivity index (χ1) is 9.13. The second-order valence-corrected chi connectivity index (χ2v) is 6.15. The van der Waals surface area contributed by atoms with E-state index in [9.17, 15) is 4.79 Å². The van der Waals surface area contributed by atoms with Crippen molar-refractivity contribution < 1.29 is 9.53 Å². The summed E-state index contributed by atoms with van der Waals surface area (Å²) in [4.78, 5) is 14.5. The predicted octanol–water partition coefficient (Wildman–Crippen LogP) is 2.14. The van der Waals surface area contributed by atoms with Crippen molar-refractivity contribution in [1.29, 1.82) is 0 Å². The molecule has 2 fully saturated rings. The van der Waals surface area contributed by atoms with E-state index in [1.54, 1.807) is 0 Å². The minimum absolute atomic E-state index is 0.0295. The molecule has 1 N–H and O–H groups in total. The Bertz CT molecular complexity index is 301. The maximum atomic E-state index is 12.4. The highest BCUT2D eigenvalue weighted by Crippen LogP contribution is 2.22. The van der Waals surface area contributed by atoms with E-state index in [-0.39, 0.29) is 12.2 Å². The fraction of sp³-hybridized carbons (Fsp3) is 0.933. The zero-order valence-electron chi connectivity index (χ0n) is 12.5. The summed E-state index contributed by atoms with van der Waals surface area (Å²) in [6, 6.07) is 0.0295. The van der Waals surface area contributed by atoms with E-state index in [0.717, 1.165) is 38.8 Å². The van der Waals surface area contributed by atoms with Gasteiger partial charge in [-0.1, -0.05) is 27.2 Å². The molecule has 3 unspecified atom stereocenters. The Labute approximate surface area is 116 Å². The van der Waals surface area contributed by atoms with Crippen LogP contribution in [0.3, 0.4) is 0 Å². The van der Waals surface area contributed by atoms with Crippen LogP contribution in [0.15, 0.2) is 0 Å². The van der Waals surface area contributed by atoms with Gasteiger partial charge in [0.15, 0.2) is 0 Å². The first-order valence-electron chi connectivity index (χ1n) is 7.81. The van der Waals surface area contributed by atoms with Gasteiger partial charge in [0.25, 0.3) is 0 Å². The van der Waals surface area contributed by atoms with Gasteiger partial charge in [-0.15, -0.1) is 0 Å². The summed E-state index contributed by atoms with van der Waals surface area (Å²) >= 11 is 0. The van der Waals surface area contributed by atoms with Crippen molar-refractivity contribution in [3.63, 3.8) is 0 Å². The monoisotopic (exact) mass is 268 g/mol. The van der Waals surface area contributed by atoms with Gasteiger partial charge in [0.2, 0.25) is 5.91 Å². The highest BCUT2D eigenvalue weighted by molar-refractivity contribution is 5.84. The van der Waals surface area contributed by atoms with E-state index < -0.39 is 0 Å². The van der Waals surface area contributed by atoms with Gasteiger partial charge in [-0.2, -0.15) is 0 Å². The number of rotatable bonds is 6. The van der Waals surface area contributed by atoms with Crippen LogP contribution in [0.5, 0.6) is 0 Å². The van der Waals surface area contributed by atoms with Crippen molar-refractivity contribution >= 4 is 5.91 Å². The number of hydrogen-bond acceptors (Lipinski definition) is 3. The largest absolute Gasteiger partial charge is 0.378 e. The fourth-order valence-electron chi connectivity index (χ4n) is 3.16. The first kappa shape index (κ1) is 14.8. The third-order valence-electron chi connectivity index (χ3n) is 4.21. The van der Waals surface area contributed by atoms with Crippen LogP contribution in [-0.4, -0.2) is 42.3 Å². The predicted molar refractivity (Wildman–Crippen MR) is 75.8 cm³/mol. The number of carbonyl (C=O) groups excluding carboxylic acids is 1. The molecule has 2 aliphatic heterocycles. The Morgan fingerprint density at radius 2 is 2.21 bits per heavy atom. The highest BCUT2D eigenvalue weighted by atomic mass is 16.5. The minimum Gasteiger partial charge on any atom is -0.378 e. The highest BCUT2D eigenvalue weighted by Gasteiger charge is 2.39. The van der Waals surface area contributed by atoms with Crippen molar-refractivity contribution in [2.45, 2.75) is 71.2 Å². The summed E-state index contributed by atoms with van der Waals surface area (Å²) in [6.07, 6.45) is 5.86. The number of nitrogens with zero attached hydrogens (tertiary/aromatic N) is 1. The zero-order valence-corrected chi connectivity index (χ0v) is 12.5. The van der Waals surface area contributed by atoms with Crippen LogP contribution in [0, 0.1) is 5.92 Å². The topological polar surface area (TPSA) is 41.6 Å². The third-order valence-corrected chi connectivity index (χ3v) is 4.21. The molecule has 19 heavy (non-hydrogen) atoms. The molecule has 3 atom stereocenters. The molecule has 0 aromatic rings. The van der Waals surface area contributed by atoms with Crippen molar-refractivity contribution in [2.75, 3.05) is 13.2 Å². The molecule has 4 nitrogen and oxygen atoms in total. The lowest BCUT2D eigenvalue weighted by Gasteiger charge is -2.28. The molecule has 2 rings (SSSR count). The molecule has 0 aromatic carbocycles. The lowest BCUT2D eigenvalue weighted by atomic mass is 10.1. The molecule has 2 saturated heterocycles. The lowest BCUT2D eigenvalue weighted by Crippen LogP contribution is -2.42. The quantitative estimate of drug-likeness (QED) is 0.802. The number of amides is 1. The van der Waals surface area contributed by atoms with Crippen LogP contribution in [0.1, 0.15) is 52.9 Å². The Hall–Kier alpha value is -0.610. The maximum Gasteiger partial charge on any atom is 0.241 e. The van der Waals surface area contributed by atoms with E-state index in [0.29, 0.717) is 17.9 Å². The molecule has 0 saturated carbocycles. The van der Waals surface area contributed by atoms with E-state index in [4.69, 9.17) is 4.74 Å². The van der Waals surface area contributed by atoms with Gasteiger partial charge in [0.1, 0.15) is 0 Å². The normalized spacial score (nSPS) is 31.7. The Balaban J connectivity index is 1.92. The molecule has 2 heterocycles. The summed E-state index contributed by atoms with van der Waals surface area (Å²) in [5, 5.41) is 3.50. The fourth-order valence-corrected chi connectivity index (χ4v) is 3.16. The van der Waals surface area contributed by atoms with E-state index >= 15 is 0 Å². The summed E-state index contributed by atoms with van der Waals surface area (Å²) in [5.74, 6) is 0.744. The second-order valence-electron chi connectivity index (χ2n) is 6.15. The van der Waals surface area contributed by atoms with Crippen LogP contribution in [-0.2, 0) is 9.53 Å². The molecule has 110 valence electrons. The smallest absolute Gasteiger partial charge is 0.241 e. The van der Waals surface area contributed by atoms with E-state index in [2.05, 4.69) is 26.1 Å². The molecular weight excluding hydrogens is 240 g/mol. The third kappa shape index (κ3) is 3.48. The molecule has 0 bridgehead atoms. The molecule has 0 aromatic heterocycles. The summed E-state index contributed by atoms with van der Waals surface area (Å²) in [5.41, 5.74) is 0.